The molecular formula is C10H18N4O. The van der Waals surface area contributed by atoms with E-state index in [0.29, 0.717) is 11.6 Å². The molecule has 0 saturated heterocycles. The van der Waals surface area contributed by atoms with E-state index in [-0.39, 0.29) is 12.1 Å². The highest BCUT2D eigenvalue weighted by Gasteiger charge is 2.20. The second-order valence-corrected chi connectivity index (χ2v) is 3.75. The summed E-state index contributed by atoms with van der Waals surface area (Å²) in [6.07, 6.45) is 0.811. The lowest BCUT2D eigenvalue weighted by Gasteiger charge is -2.27. The Hall–Kier alpha value is -1.33. The molecule has 1 unspecified atom stereocenters. The number of hydrazine groups is 1. The van der Waals surface area contributed by atoms with Gasteiger partial charge in [0.05, 0.1) is 12.1 Å². The van der Waals surface area contributed by atoms with E-state index in [4.69, 9.17) is 5.84 Å². The molecule has 0 spiro atoms. The molecule has 1 heterocycles. The summed E-state index contributed by atoms with van der Waals surface area (Å²) in [6, 6.07) is 5.45. The number of nitrogen functional groups attached to an aromatic ring is 1. The number of rotatable bonds is 5. The first-order chi connectivity index (χ1) is 7.13. The van der Waals surface area contributed by atoms with Crippen LogP contribution < -0.4 is 16.6 Å². The maximum atomic E-state index is 9.24. The Bertz CT molecular complexity index is 312. The van der Waals surface area contributed by atoms with Gasteiger partial charge in [-0.25, -0.2) is 10.8 Å². The molecule has 5 heteroatoms. The van der Waals surface area contributed by atoms with E-state index < -0.39 is 0 Å². The number of aliphatic hydroxyl groups excluding tert-OH is 1. The first-order valence-corrected chi connectivity index (χ1v) is 4.96. The number of aromatic nitrogens is 1. The predicted molar refractivity (Wildman–Crippen MR) is 61.5 cm³/mol. The van der Waals surface area contributed by atoms with E-state index in [9.17, 15) is 5.11 Å². The Morgan fingerprint density at radius 1 is 1.47 bits per heavy atom. The van der Waals surface area contributed by atoms with Crippen LogP contribution in [0.3, 0.4) is 0 Å². The van der Waals surface area contributed by atoms with Crippen molar-refractivity contribution in [3.63, 3.8) is 0 Å². The summed E-state index contributed by atoms with van der Waals surface area (Å²) in [7, 11) is 0. The summed E-state index contributed by atoms with van der Waals surface area (Å²) in [5, 5.41) is 12.4. The molecule has 1 aromatic heterocycles. The summed E-state index contributed by atoms with van der Waals surface area (Å²) in [5.41, 5.74) is 2.13. The van der Waals surface area contributed by atoms with Crippen molar-refractivity contribution >= 4 is 11.6 Å². The van der Waals surface area contributed by atoms with Gasteiger partial charge in [0.1, 0.15) is 11.6 Å². The van der Waals surface area contributed by atoms with Gasteiger partial charge in [-0.3, -0.25) is 0 Å². The van der Waals surface area contributed by atoms with Gasteiger partial charge in [0, 0.05) is 0 Å². The van der Waals surface area contributed by atoms with Gasteiger partial charge in [-0.15, -0.1) is 0 Å². The molecular weight excluding hydrogens is 192 g/mol. The first kappa shape index (κ1) is 11.7. The summed E-state index contributed by atoms with van der Waals surface area (Å²) in [5.74, 6) is 6.55. The van der Waals surface area contributed by atoms with E-state index in [1.807, 2.05) is 26.0 Å². The number of pyridine rings is 1. The van der Waals surface area contributed by atoms with Crippen molar-refractivity contribution < 1.29 is 5.11 Å². The first-order valence-electron chi connectivity index (χ1n) is 4.96. The standard InChI is InChI=1S/C10H18N4O/c1-3-10(2,7-15)13-8-5-4-6-9(12-8)14-11/h4-6,15H,3,7,11H2,1-2H3,(H2,12,13,14). The number of aliphatic hydroxyl groups is 1. The van der Waals surface area contributed by atoms with Crippen LogP contribution in [-0.2, 0) is 0 Å². The average molecular weight is 210 g/mol. The summed E-state index contributed by atoms with van der Waals surface area (Å²) >= 11 is 0. The van der Waals surface area contributed by atoms with Crippen molar-refractivity contribution in [2.24, 2.45) is 5.84 Å². The van der Waals surface area contributed by atoms with Crippen LogP contribution in [-0.4, -0.2) is 22.2 Å². The van der Waals surface area contributed by atoms with Gasteiger partial charge in [0.15, 0.2) is 0 Å². The van der Waals surface area contributed by atoms with Crippen LogP contribution in [0.5, 0.6) is 0 Å². The highest BCUT2D eigenvalue weighted by molar-refractivity contribution is 5.45. The molecule has 0 aromatic carbocycles. The molecule has 1 atom stereocenters. The maximum Gasteiger partial charge on any atom is 0.142 e. The normalized spacial score (nSPS) is 14.4. The molecule has 0 aliphatic carbocycles. The number of nitrogens with two attached hydrogens (primary N) is 1. The van der Waals surface area contributed by atoms with Crippen LogP contribution in [0.4, 0.5) is 11.6 Å². The van der Waals surface area contributed by atoms with Crippen molar-refractivity contribution in [3.8, 4) is 0 Å². The second-order valence-electron chi connectivity index (χ2n) is 3.75. The maximum absolute atomic E-state index is 9.24. The Balaban J connectivity index is 2.79. The lowest BCUT2D eigenvalue weighted by molar-refractivity contribution is 0.218. The molecule has 0 radical (unpaired) electrons. The van der Waals surface area contributed by atoms with Gasteiger partial charge in [0.25, 0.3) is 0 Å². The van der Waals surface area contributed by atoms with Crippen molar-refractivity contribution in [2.45, 2.75) is 25.8 Å². The van der Waals surface area contributed by atoms with Crippen molar-refractivity contribution in [2.75, 3.05) is 17.3 Å². The zero-order valence-electron chi connectivity index (χ0n) is 9.12. The van der Waals surface area contributed by atoms with Crippen LogP contribution in [0.15, 0.2) is 18.2 Å². The van der Waals surface area contributed by atoms with Gasteiger partial charge < -0.3 is 15.8 Å². The molecule has 0 fully saturated rings. The van der Waals surface area contributed by atoms with Crippen LogP contribution in [0.2, 0.25) is 0 Å². The molecule has 15 heavy (non-hydrogen) atoms. The van der Waals surface area contributed by atoms with Gasteiger partial charge in [0.2, 0.25) is 0 Å². The van der Waals surface area contributed by atoms with Crippen molar-refractivity contribution in [3.05, 3.63) is 18.2 Å². The summed E-state index contributed by atoms with van der Waals surface area (Å²) < 4.78 is 0. The minimum atomic E-state index is -0.347. The van der Waals surface area contributed by atoms with Gasteiger partial charge in [-0.1, -0.05) is 13.0 Å². The van der Waals surface area contributed by atoms with Crippen LogP contribution in [0.25, 0.3) is 0 Å². The highest BCUT2D eigenvalue weighted by atomic mass is 16.3. The molecule has 1 aromatic rings. The Morgan fingerprint density at radius 3 is 2.67 bits per heavy atom. The number of nitrogens with zero attached hydrogens (tertiary/aromatic N) is 1. The monoisotopic (exact) mass is 210 g/mol. The van der Waals surface area contributed by atoms with Crippen LogP contribution >= 0.6 is 0 Å². The number of hydrogen-bond acceptors (Lipinski definition) is 5. The zero-order chi connectivity index (χ0) is 11.3. The third kappa shape index (κ3) is 3.07. The molecule has 0 aliphatic heterocycles. The van der Waals surface area contributed by atoms with E-state index >= 15 is 0 Å². The van der Waals surface area contributed by atoms with Crippen LogP contribution in [0, 0.1) is 0 Å². The third-order valence-electron chi connectivity index (χ3n) is 2.46. The molecule has 0 aliphatic rings. The molecule has 0 amide bonds. The van der Waals surface area contributed by atoms with Crippen molar-refractivity contribution in [1.82, 2.24) is 4.98 Å². The molecule has 5 N–H and O–H groups in total. The number of hydrogen-bond donors (Lipinski definition) is 4. The topological polar surface area (TPSA) is 83.2 Å². The van der Waals surface area contributed by atoms with Crippen molar-refractivity contribution in [1.29, 1.82) is 0 Å². The number of nitrogens with one attached hydrogen (secondary N) is 2. The lowest BCUT2D eigenvalue weighted by atomic mass is 10.0. The van der Waals surface area contributed by atoms with Crippen LogP contribution in [0.1, 0.15) is 20.3 Å². The third-order valence-corrected chi connectivity index (χ3v) is 2.46. The van der Waals surface area contributed by atoms with E-state index in [0.717, 1.165) is 6.42 Å². The minimum Gasteiger partial charge on any atom is -0.394 e. The second kappa shape index (κ2) is 4.95. The van der Waals surface area contributed by atoms with Gasteiger partial charge >= 0.3 is 0 Å². The zero-order valence-corrected chi connectivity index (χ0v) is 9.12. The van der Waals surface area contributed by atoms with E-state index in [1.54, 1.807) is 6.07 Å². The molecule has 1 rings (SSSR count). The fraction of sp³-hybridized carbons (Fsp3) is 0.500. The lowest BCUT2D eigenvalue weighted by Crippen LogP contribution is -2.38. The fourth-order valence-corrected chi connectivity index (χ4v) is 1.13. The fourth-order valence-electron chi connectivity index (χ4n) is 1.13. The minimum absolute atomic E-state index is 0.0610. The predicted octanol–water partition coefficient (Wildman–Crippen LogP) is 0.940. The van der Waals surface area contributed by atoms with E-state index in [1.165, 1.54) is 0 Å². The van der Waals surface area contributed by atoms with E-state index in [2.05, 4.69) is 15.7 Å². The van der Waals surface area contributed by atoms with Gasteiger partial charge in [-0.05, 0) is 25.5 Å². The Kier molecular flexibility index (Phi) is 3.88. The average Bonchev–Trinajstić information content (AvgIpc) is 2.29. The number of anilines is 2. The molecule has 5 nitrogen and oxygen atoms in total. The summed E-state index contributed by atoms with van der Waals surface area (Å²) in [6.45, 7) is 4.01. The summed E-state index contributed by atoms with van der Waals surface area (Å²) in [4.78, 5) is 4.21. The largest absolute Gasteiger partial charge is 0.394 e. The Morgan fingerprint density at radius 2 is 2.13 bits per heavy atom. The molecule has 84 valence electrons. The quantitative estimate of drug-likeness (QED) is 0.429. The molecule has 0 bridgehead atoms. The smallest absolute Gasteiger partial charge is 0.142 e. The SMILES string of the molecule is CCC(C)(CO)Nc1cccc(NN)n1. The van der Waals surface area contributed by atoms with Gasteiger partial charge in [-0.2, -0.15) is 0 Å². The highest BCUT2D eigenvalue weighted by Crippen LogP contribution is 2.17. The molecule has 0 saturated carbocycles. The Labute approximate surface area is 89.7 Å².